The van der Waals surface area contributed by atoms with Crippen molar-refractivity contribution in [1.82, 2.24) is 5.32 Å². The number of rotatable bonds is 5. The molecule has 17 heavy (non-hydrogen) atoms. The molecule has 2 rings (SSSR count). The number of carboxylic acid groups (broad SMARTS) is 1. The Bertz CT molecular complexity index is 275. The fourth-order valence-electron chi connectivity index (χ4n) is 2.95. The van der Waals surface area contributed by atoms with Gasteiger partial charge in [-0.05, 0) is 50.5 Å². The van der Waals surface area contributed by atoms with Crippen LogP contribution < -0.4 is 5.32 Å². The van der Waals surface area contributed by atoms with Gasteiger partial charge in [-0.15, -0.1) is 0 Å². The second-order valence-corrected chi connectivity index (χ2v) is 5.92. The number of hydrogen-bond acceptors (Lipinski definition) is 2. The zero-order valence-corrected chi connectivity index (χ0v) is 10.9. The third-order valence-corrected chi connectivity index (χ3v) is 4.61. The minimum absolute atomic E-state index is 0.619. The van der Waals surface area contributed by atoms with Crippen molar-refractivity contribution in [3.8, 4) is 0 Å². The van der Waals surface area contributed by atoms with E-state index in [1.165, 1.54) is 25.7 Å². The van der Waals surface area contributed by atoms with Crippen LogP contribution in [0.2, 0.25) is 0 Å². The Balaban J connectivity index is 1.96. The summed E-state index contributed by atoms with van der Waals surface area (Å²) in [6, 6.07) is 0. The van der Waals surface area contributed by atoms with Crippen molar-refractivity contribution in [3.63, 3.8) is 0 Å². The van der Waals surface area contributed by atoms with Crippen molar-refractivity contribution in [1.29, 1.82) is 0 Å². The summed E-state index contributed by atoms with van der Waals surface area (Å²) in [5.41, 5.74) is -0.619. The number of hydrogen-bond donors (Lipinski definition) is 2. The van der Waals surface area contributed by atoms with Gasteiger partial charge in [0.05, 0.1) is 0 Å². The topological polar surface area (TPSA) is 49.3 Å². The summed E-state index contributed by atoms with van der Waals surface area (Å²) in [5.74, 6) is 0.852. The van der Waals surface area contributed by atoms with Gasteiger partial charge in [0.1, 0.15) is 5.54 Å². The van der Waals surface area contributed by atoms with Crippen LogP contribution in [0.4, 0.5) is 0 Å². The smallest absolute Gasteiger partial charge is 0.323 e. The van der Waals surface area contributed by atoms with Crippen LogP contribution in [0.3, 0.4) is 0 Å². The number of aliphatic carboxylic acids is 1. The first kappa shape index (κ1) is 12.9. The van der Waals surface area contributed by atoms with Crippen LogP contribution in [-0.4, -0.2) is 23.2 Å². The van der Waals surface area contributed by atoms with Gasteiger partial charge in [-0.2, -0.15) is 0 Å². The van der Waals surface area contributed by atoms with Crippen molar-refractivity contribution in [2.45, 2.75) is 63.8 Å². The Morgan fingerprint density at radius 1 is 1.24 bits per heavy atom. The maximum atomic E-state index is 11.6. The highest BCUT2D eigenvalue weighted by molar-refractivity contribution is 5.78. The summed E-state index contributed by atoms with van der Waals surface area (Å²) in [6.45, 7) is 3.12. The molecule has 0 aromatic rings. The monoisotopic (exact) mass is 239 g/mol. The molecule has 0 aromatic heterocycles. The maximum Gasteiger partial charge on any atom is 0.323 e. The lowest BCUT2D eigenvalue weighted by Crippen LogP contribution is -2.52. The molecule has 0 bridgehead atoms. The van der Waals surface area contributed by atoms with E-state index in [1.807, 2.05) is 0 Å². The lowest BCUT2D eigenvalue weighted by molar-refractivity contribution is -0.145. The molecule has 0 spiro atoms. The Morgan fingerprint density at radius 2 is 2.00 bits per heavy atom. The van der Waals surface area contributed by atoms with Gasteiger partial charge in [0.2, 0.25) is 0 Å². The number of carboxylic acids is 1. The van der Waals surface area contributed by atoms with E-state index in [9.17, 15) is 9.90 Å². The molecule has 0 saturated heterocycles. The van der Waals surface area contributed by atoms with Gasteiger partial charge in [0.25, 0.3) is 0 Å². The van der Waals surface area contributed by atoms with Crippen LogP contribution in [0.1, 0.15) is 58.3 Å². The molecule has 2 aliphatic carbocycles. The third kappa shape index (κ3) is 3.21. The first-order chi connectivity index (χ1) is 8.16. The van der Waals surface area contributed by atoms with Gasteiger partial charge in [-0.1, -0.05) is 26.2 Å². The fourth-order valence-corrected chi connectivity index (χ4v) is 2.95. The Hall–Kier alpha value is -0.570. The number of carbonyl (C=O) groups is 1. The SMILES string of the molecule is CCC1CCCC(NCC2CC2)(C(=O)O)CC1. The first-order valence-electron chi connectivity index (χ1n) is 7.14. The first-order valence-corrected chi connectivity index (χ1v) is 7.14. The molecule has 2 aliphatic rings. The molecule has 3 nitrogen and oxygen atoms in total. The minimum atomic E-state index is -0.630. The third-order valence-electron chi connectivity index (χ3n) is 4.61. The Labute approximate surface area is 104 Å². The summed E-state index contributed by atoms with van der Waals surface area (Å²) in [7, 11) is 0. The van der Waals surface area contributed by atoms with E-state index in [1.54, 1.807) is 0 Å². The van der Waals surface area contributed by atoms with E-state index in [2.05, 4.69) is 12.2 Å². The van der Waals surface area contributed by atoms with E-state index in [0.717, 1.165) is 44.1 Å². The summed E-state index contributed by atoms with van der Waals surface area (Å²) < 4.78 is 0. The van der Waals surface area contributed by atoms with Crippen LogP contribution in [0.5, 0.6) is 0 Å². The van der Waals surface area contributed by atoms with Crippen LogP contribution in [0.25, 0.3) is 0 Å². The molecule has 0 aromatic carbocycles. The number of nitrogens with one attached hydrogen (secondary N) is 1. The normalized spacial score (nSPS) is 34.3. The second-order valence-electron chi connectivity index (χ2n) is 5.92. The van der Waals surface area contributed by atoms with Gasteiger partial charge in [0, 0.05) is 0 Å². The van der Waals surface area contributed by atoms with E-state index < -0.39 is 11.5 Å². The molecular formula is C14H25NO2. The predicted octanol–water partition coefficient (Wildman–Crippen LogP) is 2.80. The summed E-state index contributed by atoms with van der Waals surface area (Å²) in [6.07, 6.45) is 8.71. The zero-order chi connectivity index (χ0) is 12.3. The van der Waals surface area contributed by atoms with Gasteiger partial charge in [-0.25, -0.2) is 0 Å². The van der Waals surface area contributed by atoms with E-state index in [0.29, 0.717) is 0 Å². The average molecular weight is 239 g/mol. The van der Waals surface area contributed by atoms with Crippen molar-refractivity contribution >= 4 is 5.97 Å². The second kappa shape index (κ2) is 5.38. The largest absolute Gasteiger partial charge is 0.480 e. The van der Waals surface area contributed by atoms with Crippen molar-refractivity contribution in [2.24, 2.45) is 11.8 Å². The van der Waals surface area contributed by atoms with Crippen molar-refractivity contribution < 1.29 is 9.90 Å². The average Bonchev–Trinajstić information content (AvgIpc) is 3.13. The van der Waals surface area contributed by atoms with Crippen LogP contribution >= 0.6 is 0 Å². The van der Waals surface area contributed by atoms with Gasteiger partial charge in [0.15, 0.2) is 0 Å². The lowest BCUT2D eigenvalue weighted by Gasteiger charge is -2.29. The van der Waals surface area contributed by atoms with Crippen LogP contribution in [0, 0.1) is 11.8 Å². The maximum absolute atomic E-state index is 11.6. The van der Waals surface area contributed by atoms with Gasteiger partial charge >= 0.3 is 5.97 Å². The van der Waals surface area contributed by atoms with Crippen LogP contribution in [0.15, 0.2) is 0 Å². The zero-order valence-electron chi connectivity index (χ0n) is 10.9. The standard InChI is InChI=1S/C14H25NO2/c1-2-11-4-3-8-14(9-7-11,13(16)17)15-10-12-5-6-12/h11-12,15H,2-10H2,1H3,(H,16,17). The molecule has 0 aliphatic heterocycles. The van der Waals surface area contributed by atoms with Crippen LogP contribution in [-0.2, 0) is 4.79 Å². The molecule has 0 amide bonds. The molecule has 2 unspecified atom stereocenters. The highest BCUT2D eigenvalue weighted by atomic mass is 16.4. The predicted molar refractivity (Wildman–Crippen MR) is 68.0 cm³/mol. The summed E-state index contributed by atoms with van der Waals surface area (Å²) >= 11 is 0. The summed E-state index contributed by atoms with van der Waals surface area (Å²) in [4.78, 5) is 11.6. The molecule has 2 N–H and O–H groups in total. The fraction of sp³-hybridized carbons (Fsp3) is 0.929. The molecule has 2 saturated carbocycles. The highest BCUT2D eigenvalue weighted by Gasteiger charge is 2.40. The van der Waals surface area contributed by atoms with Gasteiger partial charge in [-0.3, -0.25) is 4.79 Å². The molecule has 2 atom stereocenters. The molecule has 98 valence electrons. The van der Waals surface area contributed by atoms with E-state index in [4.69, 9.17) is 0 Å². The summed E-state index contributed by atoms with van der Waals surface area (Å²) in [5, 5.41) is 12.9. The quantitative estimate of drug-likeness (QED) is 0.725. The molecule has 0 heterocycles. The van der Waals surface area contributed by atoms with E-state index >= 15 is 0 Å². The highest BCUT2D eigenvalue weighted by Crippen LogP contribution is 2.34. The molecule has 3 heteroatoms. The van der Waals surface area contributed by atoms with Crippen molar-refractivity contribution in [2.75, 3.05) is 6.54 Å². The van der Waals surface area contributed by atoms with Crippen molar-refractivity contribution in [3.05, 3.63) is 0 Å². The van der Waals surface area contributed by atoms with Gasteiger partial charge < -0.3 is 10.4 Å². The lowest BCUT2D eigenvalue weighted by atomic mass is 9.89. The minimum Gasteiger partial charge on any atom is -0.480 e. The Morgan fingerprint density at radius 3 is 2.59 bits per heavy atom. The molecular weight excluding hydrogens is 214 g/mol. The van der Waals surface area contributed by atoms with E-state index in [-0.39, 0.29) is 0 Å². The molecule has 2 fully saturated rings. The Kier molecular flexibility index (Phi) is 4.08. The molecule has 0 radical (unpaired) electrons.